The summed E-state index contributed by atoms with van der Waals surface area (Å²) in [4.78, 5) is 12.1. The van der Waals surface area contributed by atoms with Gasteiger partial charge in [-0.05, 0) is 56.2 Å². The third-order valence-corrected chi connectivity index (χ3v) is 5.21. The van der Waals surface area contributed by atoms with Gasteiger partial charge in [0, 0.05) is 12.0 Å². The Morgan fingerprint density at radius 3 is 1.94 bits per heavy atom. The van der Waals surface area contributed by atoms with Gasteiger partial charge >= 0.3 is 12.1 Å². The van der Waals surface area contributed by atoms with Gasteiger partial charge in [0.15, 0.2) is 0 Å². The fraction of sp³-hybridized carbons (Fsp3) is 0.370. The maximum atomic E-state index is 14.3. The van der Waals surface area contributed by atoms with Crippen LogP contribution in [-0.2, 0) is 19.0 Å². The number of carbonyl (C=O) groups excluding carboxylic acids is 1. The van der Waals surface area contributed by atoms with Crippen LogP contribution in [0.15, 0.2) is 66.3 Å². The van der Waals surface area contributed by atoms with Crippen molar-refractivity contribution in [3.8, 4) is 0 Å². The number of alkyl halides is 3. The van der Waals surface area contributed by atoms with Crippen molar-refractivity contribution in [2.24, 2.45) is 0 Å². The van der Waals surface area contributed by atoms with Crippen molar-refractivity contribution in [1.29, 1.82) is 0 Å². The van der Waals surface area contributed by atoms with Gasteiger partial charge in [-0.1, -0.05) is 36.4 Å². The SMILES string of the molecule is CC(C)(C)OC(=O)CC1CC(C=CC(=C(c2ccc(F)cc2)c2ccc(F)cc2)C(F)(F)F)OCO1. The minimum atomic E-state index is -4.80. The first kappa shape index (κ1) is 27.5. The zero-order chi connectivity index (χ0) is 26.5. The van der Waals surface area contributed by atoms with Gasteiger partial charge in [-0.25, -0.2) is 8.78 Å². The van der Waals surface area contributed by atoms with Crippen molar-refractivity contribution in [3.63, 3.8) is 0 Å². The standard InChI is InChI=1S/C27H27F5O4/c1-26(2,3)36-24(33)15-22-14-21(34-16-35-22)12-13-23(27(30,31)32)25(17-4-8-19(28)9-5-17)18-6-10-20(29)11-7-18/h4-13,21-22H,14-16H2,1-3H3. The van der Waals surface area contributed by atoms with E-state index in [9.17, 15) is 26.7 Å². The number of allylic oxidation sites excluding steroid dienone is 2. The summed E-state index contributed by atoms with van der Waals surface area (Å²) in [7, 11) is 0. The van der Waals surface area contributed by atoms with E-state index in [4.69, 9.17) is 14.2 Å². The number of rotatable bonds is 6. The van der Waals surface area contributed by atoms with Gasteiger partial charge < -0.3 is 14.2 Å². The molecule has 0 spiro atoms. The largest absolute Gasteiger partial charge is 0.460 e. The van der Waals surface area contributed by atoms with E-state index in [0.29, 0.717) is 0 Å². The Morgan fingerprint density at radius 2 is 1.47 bits per heavy atom. The molecule has 0 saturated carbocycles. The predicted molar refractivity (Wildman–Crippen MR) is 124 cm³/mol. The quantitative estimate of drug-likeness (QED) is 0.245. The minimum Gasteiger partial charge on any atom is -0.460 e. The maximum absolute atomic E-state index is 14.3. The number of benzene rings is 2. The van der Waals surface area contributed by atoms with Crippen LogP contribution in [0.25, 0.3) is 5.57 Å². The number of halogens is 5. The average molecular weight is 510 g/mol. The smallest absolute Gasteiger partial charge is 0.417 e. The molecule has 1 heterocycles. The van der Waals surface area contributed by atoms with Gasteiger partial charge in [-0.15, -0.1) is 0 Å². The minimum absolute atomic E-state index is 0.0661. The van der Waals surface area contributed by atoms with Crippen LogP contribution in [0.5, 0.6) is 0 Å². The molecular formula is C27H27F5O4. The number of hydrogen-bond acceptors (Lipinski definition) is 4. The molecule has 3 rings (SSSR count). The normalized spacial score (nSPS) is 18.8. The number of carbonyl (C=O) groups is 1. The average Bonchev–Trinajstić information content (AvgIpc) is 2.76. The Bertz CT molecular complexity index is 1050. The second kappa shape index (κ2) is 11.3. The number of esters is 1. The van der Waals surface area contributed by atoms with E-state index in [2.05, 4.69) is 0 Å². The van der Waals surface area contributed by atoms with E-state index in [-0.39, 0.29) is 36.3 Å². The van der Waals surface area contributed by atoms with Crippen molar-refractivity contribution in [2.75, 3.05) is 6.79 Å². The van der Waals surface area contributed by atoms with Crippen LogP contribution < -0.4 is 0 Å². The molecule has 4 nitrogen and oxygen atoms in total. The summed E-state index contributed by atoms with van der Waals surface area (Å²) < 4.78 is 85.9. The van der Waals surface area contributed by atoms with Crippen molar-refractivity contribution in [1.82, 2.24) is 0 Å². The van der Waals surface area contributed by atoms with E-state index in [1.807, 2.05) is 0 Å². The van der Waals surface area contributed by atoms with Gasteiger partial charge in [0.05, 0.1) is 24.2 Å². The Hall–Kier alpha value is -3.04. The van der Waals surface area contributed by atoms with E-state index < -0.39 is 47.2 Å². The van der Waals surface area contributed by atoms with Crippen LogP contribution in [0.2, 0.25) is 0 Å². The zero-order valence-corrected chi connectivity index (χ0v) is 20.1. The summed E-state index contributed by atoms with van der Waals surface area (Å²) in [6.07, 6.45) is -3.92. The van der Waals surface area contributed by atoms with Crippen LogP contribution in [0.4, 0.5) is 22.0 Å². The molecule has 0 N–H and O–H groups in total. The number of hydrogen-bond donors (Lipinski definition) is 0. The Kier molecular flexibility index (Phi) is 8.68. The molecule has 0 aliphatic carbocycles. The first-order valence-electron chi connectivity index (χ1n) is 11.3. The lowest BCUT2D eigenvalue weighted by atomic mass is 9.92. The molecule has 1 aliphatic heterocycles. The van der Waals surface area contributed by atoms with Crippen LogP contribution in [0, 0.1) is 11.6 Å². The Balaban J connectivity index is 1.93. The Labute approximate surface area is 206 Å². The van der Waals surface area contributed by atoms with E-state index in [1.54, 1.807) is 20.8 Å². The fourth-order valence-corrected chi connectivity index (χ4v) is 3.70. The second-order valence-electron chi connectivity index (χ2n) is 9.30. The molecule has 2 atom stereocenters. The summed E-state index contributed by atoms with van der Waals surface area (Å²) >= 11 is 0. The lowest BCUT2D eigenvalue weighted by Gasteiger charge is -2.29. The molecule has 9 heteroatoms. The Morgan fingerprint density at radius 1 is 0.944 bits per heavy atom. The molecule has 0 bridgehead atoms. The van der Waals surface area contributed by atoms with Crippen LogP contribution >= 0.6 is 0 Å². The van der Waals surface area contributed by atoms with Crippen LogP contribution in [0.3, 0.4) is 0 Å². The summed E-state index contributed by atoms with van der Waals surface area (Å²) in [6.45, 7) is 4.99. The molecule has 194 valence electrons. The lowest BCUT2D eigenvalue weighted by molar-refractivity contribution is -0.179. The summed E-state index contributed by atoms with van der Waals surface area (Å²) in [6, 6.07) is 9.15. The maximum Gasteiger partial charge on any atom is 0.417 e. The van der Waals surface area contributed by atoms with Crippen LogP contribution in [0.1, 0.15) is 44.7 Å². The molecule has 2 aromatic rings. The second-order valence-corrected chi connectivity index (χ2v) is 9.30. The molecule has 0 radical (unpaired) electrons. The molecule has 0 aromatic heterocycles. The zero-order valence-electron chi connectivity index (χ0n) is 20.1. The third-order valence-electron chi connectivity index (χ3n) is 5.21. The molecule has 1 fully saturated rings. The molecular weight excluding hydrogens is 483 g/mol. The van der Waals surface area contributed by atoms with Crippen molar-refractivity contribution in [3.05, 3.63) is 89.0 Å². The molecule has 1 aliphatic rings. The summed E-state index contributed by atoms with van der Waals surface area (Å²) in [5.74, 6) is -1.69. The molecule has 36 heavy (non-hydrogen) atoms. The highest BCUT2D eigenvalue weighted by Gasteiger charge is 2.36. The van der Waals surface area contributed by atoms with Gasteiger partial charge in [-0.3, -0.25) is 4.79 Å². The van der Waals surface area contributed by atoms with Crippen LogP contribution in [-0.4, -0.2) is 36.7 Å². The monoisotopic (exact) mass is 510 g/mol. The molecule has 0 amide bonds. The van der Waals surface area contributed by atoms with Gasteiger partial charge in [0.1, 0.15) is 24.0 Å². The van der Waals surface area contributed by atoms with Crippen molar-refractivity contribution in [2.45, 2.75) is 57.6 Å². The fourth-order valence-electron chi connectivity index (χ4n) is 3.70. The summed E-state index contributed by atoms with van der Waals surface area (Å²) in [5.41, 5.74) is -1.72. The van der Waals surface area contributed by atoms with E-state index in [0.717, 1.165) is 30.3 Å². The summed E-state index contributed by atoms with van der Waals surface area (Å²) in [5, 5.41) is 0. The predicted octanol–water partition coefficient (Wildman–Crippen LogP) is 6.75. The highest BCUT2D eigenvalue weighted by atomic mass is 19.4. The van der Waals surface area contributed by atoms with E-state index in [1.165, 1.54) is 30.3 Å². The van der Waals surface area contributed by atoms with Gasteiger partial charge in [0.2, 0.25) is 0 Å². The molecule has 2 aromatic carbocycles. The van der Waals surface area contributed by atoms with Gasteiger partial charge in [-0.2, -0.15) is 13.2 Å². The van der Waals surface area contributed by atoms with Gasteiger partial charge in [0.25, 0.3) is 0 Å². The lowest BCUT2D eigenvalue weighted by Crippen LogP contribution is -2.34. The van der Waals surface area contributed by atoms with E-state index >= 15 is 0 Å². The molecule has 1 saturated heterocycles. The topological polar surface area (TPSA) is 44.8 Å². The van der Waals surface area contributed by atoms with Crippen molar-refractivity contribution >= 4 is 11.5 Å². The highest BCUT2D eigenvalue weighted by molar-refractivity contribution is 5.84. The first-order valence-corrected chi connectivity index (χ1v) is 11.3. The third kappa shape index (κ3) is 7.99. The van der Waals surface area contributed by atoms with Crippen molar-refractivity contribution < 1.29 is 41.0 Å². The molecule has 2 unspecified atom stereocenters. The first-order chi connectivity index (χ1) is 16.8. The number of ether oxygens (including phenoxy) is 3. The highest BCUT2D eigenvalue weighted by Crippen LogP contribution is 2.38.